The van der Waals surface area contributed by atoms with Crippen LogP contribution in [0.2, 0.25) is 10.0 Å². The first kappa shape index (κ1) is 24.5. The Morgan fingerprint density at radius 3 is 2.56 bits per heavy atom. The number of amides is 1. The lowest BCUT2D eigenvalue weighted by molar-refractivity contribution is -0.128. The number of H-pyrrole nitrogens is 1. The van der Waals surface area contributed by atoms with Crippen LogP contribution in [-0.4, -0.2) is 69.6 Å². The Morgan fingerprint density at radius 1 is 1.11 bits per heavy atom. The van der Waals surface area contributed by atoms with Crippen molar-refractivity contribution in [1.82, 2.24) is 24.6 Å². The molecule has 2 aromatic carbocycles. The first-order valence-corrected chi connectivity index (χ1v) is 12.9. The van der Waals surface area contributed by atoms with E-state index in [2.05, 4.69) is 20.1 Å². The molecule has 0 atom stereocenters. The third-order valence-electron chi connectivity index (χ3n) is 6.00. The van der Waals surface area contributed by atoms with Gasteiger partial charge in [0.1, 0.15) is 11.1 Å². The van der Waals surface area contributed by atoms with Crippen LogP contribution in [0.5, 0.6) is 5.75 Å². The molecule has 5 rings (SSSR count). The van der Waals surface area contributed by atoms with Crippen molar-refractivity contribution in [2.75, 3.05) is 43.9 Å². The van der Waals surface area contributed by atoms with Crippen molar-refractivity contribution in [3.63, 3.8) is 0 Å². The number of halogens is 2. The van der Waals surface area contributed by atoms with Crippen LogP contribution in [0.25, 0.3) is 16.7 Å². The number of thioether (sulfide) groups is 1. The van der Waals surface area contributed by atoms with Gasteiger partial charge < -0.3 is 14.5 Å². The standard InChI is InChI=1S/C24H22Cl2N6O3S/c1-35-17-5-3-16(4-6-17)30-8-10-31(11-9-30)21(33)14-36-24-28-22-18(13-27-29-22)23(34)32(24)20-7-2-15(25)12-19(20)26/h2-7,12-13H,8-11,14H2,1H3,(H,27,29). The van der Waals surface area contributed by atoms with E-state index in [0.717, 1.165) is 24.5 Å². The molecule has 1 aliphatic heterocycles. The van der Waals surface area contributed by atoms with E-state index in [1.165, 1.54) is 22.5 Å². The molecule has 0 unspecified atom stereocenters. The van der Waals surface area contributed by atoms with Gasteiger partial charge in [-0.2, -0.15) is 5.10 Å². The molecule has 4 aromatic rings. The summed E-state index contributed by atoms with van der Waals surface area (Å²) < 4.78 is 6.62. The number of carbonyl (C=O) groups excluding carboxylic acids is 1. The van der Waals surface area contributed by atoms with E-state index in [9.17, 15) is 9.59 Å². The third kappa shape index (κ3) is 4.88. The number of hydrogen-bond acceptors (Lipinski definition) is 7. The summed E-state index contributed by atoms with van der Waals surface area (Å²) in [6, 6.07) is 12.8. The number of piperazine rings is 1. The number of benzene rings is 2. The molecule has 9 nitrogen and oxygen atoms in total. The predicted octanol–water partition coefficient (Wildman–Crippen LogP) is 3.87. The highest BCUT2D eigenvalue weighted by atomic mass is 35.5. The van der Waals surface area contributed by atoms with Gasteiger partial charge in [0.05, 0.1) is 29.8 Å². The van der Waals surface area contributed by atoms with Crippen LogP contribution in [0.4, 0.5) is 5.69 Å². The van der Waals surface area contributed by atoms with Crippen molar-refractivity contribution in [3.05, 3.63) is 69.1 Å². The van der Waals surface area contributed by atoms with Gasteiger partial charge in [0.2, 0.25) is 5.91 Å². The molecule has 3 heterocycles. The van der Waals surface area contributed by atoms with Gasteiger partial charge in [-0.25, -0.2) is 4.98 Å². The van der Waals surface area contributed by atoms with Crippen molar-refractivity contribution in [2.45, 2.75) is 5.16 Å². The van der Waals surface area contributed by atoms with Gasteiger partial charge in [0, 0.05) is 36.9 Å². The van der Waals surface area contributed by atoms with Crippen molar-refractivity contribution in [3.8, 4) is 11.4 Å². The van der Waals surface area contributed by atoms with E-state index < -0.39 is 0 Å². The lowest BCUT2D eigenvalue weighted by atomic mass is 10.2. The molecular formula is C24H22Cl2N6O3S. The van der Waals surface area contributed by atoms with Crippen LogP contribution in [0.3, 0.4) is 0 Å². The van der Waals surface area contributed by atoms with Gasteiger partial charge in [0.15, 0.2) is 10.8 Å². The zero-order chi connectivity index (χ0) is 25.2. The van der Waals surface area contributed by atoms with Crippen LogP contribution in [0.15, 0.2) is 58.6 Å². The molecule has 36 heavy (non-hydrogen) atoms. The van der Waals surface area contributed by atoms with Crippen molar-refractivity contribution >= 4 is 57.6 Å². The molecule has 1 amide bonds. The number of methoxy groups -OCH3 is 1. The second-order valence-electron chi connectivity index (χ2n) is 8.12. The largest absolute Gasteiger partial charge is 0.497 e. The molecule has 0 spiro atoms. The maximum Gasteiger partial charge on any atom is 0.269 e. The average molecular weight is 545 g/mol. The van der Waals surface area contributed by atoms with Crippen LogP contribution in [-0.2, 0) is 4.79 Å². The number of fused-ring (bicyclic) bond motifs is 1. The summed E-state index contributed by atoms with van der Waals surface area (Å²) in [5.74, 6) is 0.909. The first-order chi connectivity index (χ1) is 17.4. The Hall–Kier alpha value is -3.21. The van der Waals surface area contributed by atoms with Crippen LogP contribution >= 0.6 is 35.0 Å². The number of aromatic amines is 1. The fourth-order valence-corrected chi connectivity index (χ4v) is 5.46. The fourth-order valence-electron chi connectivity index (χ4n) is 4.07. The summed E-state index contributed by atoms with van der Waals surface area (Å²) in [6.07, 6.45) is 1.42. The summed E-state index contributed by atoms with van der Waals surface area (Å²) in [7, 11) is 1.64. The van der Waals surface area contributed by atoms with Gasteiger partial charge in [-0.1, -0.05) is 35.0 Å². The quantitative estimate of drug-likeness (QED) is 0.290. The zero-order valence-electron chi connectivity index (χ0n) is 19.3. The maximum absolute atomic E-state index is 13.3. The Kier molecular flexibility index (Phi) is 7.08. The molecule has 0 saturated carbocycles. The van der Waals surface area contributed by atoms with E-state index >= 15 is 0 Å². The van der Waals surface area contributed by atoms with E-state index in [1.807, 2.05) is 29.2 Å². The molecular weight excluding hydrogens is 523 g/mol. The summed E-state index contributed by atoms with van der Waals surface area (Å²) in [5.41, 5.74) is 1.55. The molecule has 0 bridgehead atoms. The second kappa shape index (κ2) is 10.4. The number of hydrogen-bond donors (Lipinski definition) is 1. The van der Waals surface area contributed by atoms with E-state index in [1.54, 1.807) is 25.3 Å². The lowest BCUT2D eigenvalue weighted by Gasteiger charge is -2.36. The number of ether oxygens (including phenoxy) is 1. The van der Waals surface area contributed by atoms with E-state index in [0.29, 0.717) is 45.0 Å². The van der Waals surface area contributed by atoms with Crippen LogP contribution in [0, 0.1) is 0 Å². The van der Waals surface area contributed by atoms with E-state index in [4.69, 9.17) is 27.9 Å². The maximum atomic E-state index is 13.3. The fraction of sp³-hybridized carbons (Fsp3) is 0.250. The van der Waals surface area contributed by atoms with Crippen molar-refractivity contribution in [2.24, 2.45) is 0 Å². The first-order valence-electron chi connectivity index (χ1n) is 11.2. The Bertz CT molecular complexity index is 1470. The number of rotatable bonds is 6. The second-order valence-corrected chi connectivity index (χ2v) is 9.90. The normalized spacial score (nSPS) is 13.9. The summed E-state index contributed by atoms with van der Waals surface area (Å²) in [6.45, 7) is 2.67. The molecule has 1 fully saturated rings. The molecule has 0 radical (unpaired) electrons. The van der Waals surface area contributed by atoms with Gasteiger partial charge in [0.25, 0.3) is 5.56 Å². The third-order valence-corrected chi connectivity index (χ3v) is 7.46. The van der Waals surface area contributed by atoms with Crippen molar-refractivity contribution < 1.29 is 9.53 Å². The minimum atomic E-state index is -0.332. The summed E-state index contributed by atoms with van der Waals surface area (Å²) >= 11 is 13.6. The van der Waals surface area contributed by atoms with Gasteiger partial charge in [-0.3, -0.25) is 19.3 Å². The number of carbonyl (C=O) groups is 1. The Labute approximate surface area is 221 Å². The van der Waals surface area contributed by atoms with E-state index in [-0.39, 0.29) is 17.2 Å². The highest BCUT2D eigenvalue weighted by Crippen LogP contribution is 2.28. The minimum absolute atomic E-state index is 0.0258. The molecule has 1 N–H and O–H groups in total. The van der Waals surface area contributed by atoms with Gasteiger partial charge >= 0.3 is 0 Å². The smallest absolute Gasteiger partial charge is 0.269 e. The van der Waals surface area contributed by atoms with Crippen LogP contribution in [0.1, 0.15) is 0 Å². The van der Waals surface area contributed by atoms with Gasteiger partial charge in [-0.05, 0) is 42.5 Å². The number of nitrogens with one attached hydrogen (secondary N) is 1. The molecule has 186 valence electrons. The molecule has 12 heteroatoms. The zero-order valence-corrected chi connectivity index (χ0v) is 21.6. The topological polar surface area (TPSA) is 96.3 Å². The Balaban J connectivity index is 1.31. The molecule has 1 saturated heterocycles. The average Bonchev–Trinajstić information content (AvgIpc) is 3.37. The molecule has 1 aliphatic rings. The number of anilines is 1. The number of aromatic nitrogens is 4. The minimum Gasteiger partial charge on any atom is -0.497 e. The van der Waals surface area contributed by atoms with Crippen molar-refractivity contribution in [1.29, 1.82) is 0 Å². The molecule has 2 aromatic heterocycles. The highest BCUT2D eigenvalue weighted by molar-refractivity contribution is 7.99. The van der Waals surface area contributed by atoms with Crippen LogP contribution < -0.4 is 15.2 Å². The highest BCUT2D eigenvalue weighted by Gasteiger charge is 2.23. The number of nitrogens with zero attached hydrogens (tertiary/aromatic N) is 5. The Morgan fingerprint density at radius 2 is 1.86 bits per heavy atom. The lowest BCUT2D eigenvalue weighted by Crippen LogP contribution is -2.49. The molecule has 0 aliphatic carbocycles. The predicted molar refractivity (Wildman–Crippen MR) is 142 cm³/mol. The summed E-state index contributed by atoms with van der Waals surface area (Å²) in [4.78, 5) is 34.9. The monoisotopic (exact) mass is 544 g/mol. The van der Waals surface area contributed by atoms with Gasteiger partial charge in [-0.15, -0.1) is 0 Å². The summed E-state index contributed by atoms with van der Waals surface area (Å²) in [5, 5.41) is 8.08. The SMILES string of the molecule is COc1ccc(N2CCN(C(=O)CSc3nc4[nH]ncc4c(=O)n3-c3ccc(Cl)cc3Cl)CC2)cc1.